The van der Waals surface area contributed by atoms with E-state index in [1.165, 1.54) is 25.3 Å². The average molecular weight is 458 g/mol. The van der Waals surface area contributed by atoms with Gasteiger partial charge in [0.1, 0.15) is 11.6 Å². The third kappa shape index (κ3) is 5.78. The molecule has 3 aromatic rings. The molecule has 0 bridgehead atoms. The normalized spacial score (nSPS) is 10.2. The maximum absolute atomic E-state index is 13.3. The van der Waals surface area contributed by atoms with Crippen LogP contribution in [0.4, 0.5) is 15.8 Å². The molecule has 9 heteroatoms. The third-order valence-corrected chi connectivity index (χ3v) is 4.67. The molecule has 0 aromatic heterocycles. The fourth-order valence-electron chi connectivity index (χ4n) is 2.67. The predicted octanol–water partition coefficient (Wildman–Crippen LogP) is 4.87. The number of anilines is 2. The summed E-state index contributed by atoms with van der Waals surface area (Å²) in [7, 11) is 1.45. The molecule has 31 heavy (non-hydrogen) atoms. The summed E-state index contributed by atoms with van der Waals surface area (Å²) in [6.07, 6.45) is 0. The fourth-order valence-corrected chi connectivity index (χ4v) is 3.11. The van der Waals surface area contributed by atoms with E-state index >= 15 is 0 Å². The Kier molecular flexibility index (Phi) is 7.17. The van der Waals surface area contributed by atoms with Gasteiger partial charge in [-0.3, -0.25) is 14.9 Å². The minimum atomic E-state index is -0.549. The maximum Gasteiger partial charge on any atom is 0.257 e. The molecule has 0 unspecified atom stereocenters. The van der Waals surface area contributed by atoms with E-state index in [0.717, 1.165) is 6.07 Å². The Bertz CT molecular complexity index is 1160. The highest BCUT2D eigenvalue weighted by atomic mass is 35.5. The molecule has 0 saturated heterocycles. The lowest BCUT2D eigenvalue weighted by Crippen LogP contribution is -2.34. The summed E-state index contributed by atoms with van der Waals surface area (Å²) in [5.41, 5.74) is 1.40. The largest absolute Gasteiger partial charge is 0.494 e. The average Bonchev–Trinajstić information content (AvgIpc) is 2.74. The number of amides is 2. The number of benzene rings is 3. The first-order valence-corrected chi connectivity index (χ1v) is 9.78. The summed E-state index contributed by atoms with van der Waals surface area (Å²) >= 11 is 11.2. The highest BCUT2D eigenvalue weighted by Crippen LogP contribution is 2.29. The van der Waals surface area contributed by atoms with Gasteiger partial charge in [0.25, 0.3) is 11.8 Å². The molecule has 3 N–H and O–H groups in total. The van der Waals surface area contributed by atoms with Gasteiger partial charge < -0.3 is 15.4 Å². The van der Waals surface area contributed by atoms with E-state index in [-0.39, 0.29) is 16.6 Å². The Morgan fingerprint density at radius 1 is 0.968 bits per heavy atom. The summed E-state index contributed by atoms with van der Waals surface area (Å²) in [5, 5.41) is 8.41. The van der Waals surface area contributed by atoms with Crippen molar-refractivity contribution < 1.29 is 18.7 Å². The zero-order chi connectivity index (χ0) is 22.4. The number of thiocarbonyl (C=S) groups is 1. The van der Waals surface area contributed by atoms with Crippen molar-refractivity contribution in [2.45, 2.75) is 0 Å². The smallest absolute Gasteiger partial charge is 0.257 e. The van der Waals surface area contributed by atoms with Crippen molar-refractivity contribution in [1.29, 1.82) is 0 Å². The minimum Gasteiger partial charge on any atom is -0.494 e. The molecule has 0 heterocycles. The summed E-state index contributed by atoms with van der Waals surface area (Å²) < 4.78 is 18.6. The number of carbonyl (C=O) groups excluding carboxylic acids is 2. The van der Waals surface area contributed by atoms with E-state index in [9.17, 15) is 14.0 Å². The van der Waals surface area contributed by atoms with E-state index in [2.05, 4.69) is 16.0 Å². The third-order valence-electron chi connectivity index (χ3n) is 4.14. The van der Waals surface area contributed by atoms with Crippen LogP contribution >= 0.6 is 23.8 Å². The minimum absolute atomic E-state index is 0.0177. The van der Waals surface area contributed by atoms with Crippen LogP contribution in [0.2, 0.25) is 5.02 Å². The van der Waals surface area contributed by atoms with Crippen LogP contribution < -0.4 is 20.7 Å². The zero-order valence-electron chi connectivity index (χ0n) is 16.2. The van der Waals surface area contributed by atoms with Crippen molar-refractivity contribution in [3.63, 3.8) is 0 Å². The Balaban J connectivity index is 1.68. The van der Waals surface area contributed by atoms with Crippen LogP contribution in [0, 0.1) is 5.82 Å². The molecule has 0 spiro atoms. The molecule has 0 aliphatic rings. The van der Waals surface area contributed by atoms with Crippen molar-refractivity contribution in [2.75, 3.05) is 17.7 Å². The van der Waals surface area contributed by atoms with Crippen LogP contribution in [-0.2, 0) is 0 Å². The number of halogens is 2. The van der Waals surface area contributed by atoms with Crippen LogP contribution in [0.5, 0.6) is 5.75 Å². The number of rotatable bonds is 5. The van der Waals surface area contributed by atoms with E-state index in [0.29, 0.717) is 27.7 Å². The first kappa shape index (κ1) is 22.2. The van der Waals surface area contributed by atoms with Crippen molar-refractivity contribution in [1.82, 2.24) is 5.32 Å². The molecule has 0 radical (unpaired) electrons. The van der Waals surface area contributed by atoms with E-state index in [1.54, 1.807) is 42.5 Å². The molecule has 0 aliphatic carbocycles. The van der Waals surface area contributed by atoms with Crippen molar-refractivity contribution in [3.05, 3.63) is 88.7 Å². The fraction of sp³-hybridized carbons (Fsp3) is 0.0455. The van der Waals surface area contributed by atoms with E-state index in [4.69, 9.17) is 28.6 Å². The lowest BCUT2D eigenvalue weighted by atomic mass is 10.2. The molecule has 2 amide bonds. The van der Waals surface area contributed by atoms with Crippen molar-refractivity contribution in [3.8, 4) is 5.75 Å². The van der Waals surface area contributed by atoms with Crippen LogP contribution in [0.3, 0.4) is 0 Å². The maximum atomic E-state index is 13.3. The molecule has 0 fully saturated rings. The van der Waals surface area contributed by atoms with Gasteiger partial charge in [-0.2, -0.15) is 0 Å². The van der Waals surface area contributed by atoms with Crippen LogP contribution in [0.1, 0.15) is 20.7 Å². The Hall–Kier alpha value is -3.49. The summed E-state index contributed by atoms with van der Waals surface area (Å²) in [6, 6.07) is 16.8. The van der Waals surface area contributed by atoms with Gasteiger partial charge in [0.2, 0.25) is 0 Å². The van der Waals surface area contributed by atoms with Gasteiger partial charge in [0.15, 0.2) is 5.11 Å². The number of hydrogen-bond donors (Lipinski definition) is 3. The SMILES string of the molecule is COc1cc(NC(=S)NC(=O)c2cccc(F)c2)ccc1NC(=O)c1ccccc1Cl. The first-order chi connectivity index (χ1) is 14.9. The monoisotopic (exact) mass is 457 g/mol. The van der Waals surface area contributed by atoms with Crippen LogP contribution in [-0.4, -0.2) is 24.0 Å². The topological polar surface area (TPSA) is 79.5 Å². The van der Waals surface area contributed by atoms with Gasteiger partial charge >= 0.3 is 0 Å². The van der Waals surface area contributed by atoms with Crippen LogP contribution in [0.25, 0.3) is 0 Å². The Morgan fingerprint density at radius 3 is 2.45 bits per heavy atom. The highest BCUT2D eigenvalue weighted by Gasteiger charge is 2.14. The number of ether oxygens (including phenoxy) is 1. The molecule has 3 rings (SSSR count). The zero-order valence-corrected chi connectivity index (χ0v) is 17.8. The second-order valence-corrected chi connectivity index (χ2v) is 7.08. The van der Waals surface area contributed by atoms with Gasteiger partial charge in [-0.25, -0.2) is 4.39 Å². The predicted molar refractivity (Wildman–Crippen MR) is 122 cm³/mol. The molecule has 0 saturated carbocycles. The number of methoxy groups -OCH3 is 1. The van der Waals surface area contributed by atoms with Crippen LogP contribution in [0.15, 0.2) is 66.7 Å². The molecule has 6 nitrogen and oxygen atoms in total. The standard InChI is InChI=1S/C22H17ClFN3O3S/c1-30-19-12-15(25-22(31)27-20(28)13-5-4-6-14(24)11-13)9-10-18(19)26-21(29)16-7-2-3-8-17(16)23/h2-12H,1H3,(H,26,29)(H2,25,27,28,31). The van der Waals surface area contributed by atoms with E-state index < -0.39 is 11.7 Å². The summed E-state index contributed by atoms with van der Waals surface area (Å²) in [5.74, 6) is -1.09. The van der Waals surface area contributed by atoms with Gasteiger partial charge in [0, 0.05) is 17.3 Å². The molecule has 3 aromatic carbocycles. The lowest BCUT2D eigenvalue weighted by molar-refractivity contribution is 0.0976. The molecule has 158 valence electrons. The Morgan fingerprint density at radius 2 is 1.74 bits per heavy atom. The molecular weight excluding hydrogens is 441 g/mol. The second-order valence-electron chi connectivity index (χ2n) is 6.27. The molecular formula is C22H17ClFN3O3S. The van der Waals surface area contributed by atoms with Gasteiger partial charge in [0.05, 0.1) is 23.4 Å². The van der Waals surface area contributed by atoms with Gasteiger partial charge in [-0.05, 0) is 54.7 Å². The van der Waals surface area contributed by atoms with E-state index in [1.807, 2.05) is 0 Å². The van der Waals surface area contributed by atoms with Crippen molar-refractivity contribution in [2.24, 2.45) is 0 Å². The quantitative estimate of drug-likeness (QED) is 0.476. The Labute approximate surface area is 188 Å². The summed E-state index contributed by atoms with van der Waals surface area (Å²) in [4.78, 5) is 24.7. The lowest BCUT2D eigenvalue weighted by Gasteiger charge is -2.14. The molecule has 0 aliphatic heterocycles. The highest BCUT2D eigenvalue weighted by molar-refractivity contribution is 7.80. The second kappa shape index (κ2) is 10.0. The first-order valence-electron chi connectivity index (χ1n) is 8.99. The number of carbonyl (C=O) groups is 2. The number of hydrogen-bond acceptors (Lipinski definition) is 4. The van der Waals surface area contributed by atoms with Crippen molar-refractivity contribution >= 4 is 52.1 Å². The van der Waals surface area contributed by atoms with Gasteiger partial charge in [-0.15, -0.1) is 0 Å². The van der Waals surface area contributed by atoms with Gasteiger partial charge in [-0.1, -0.05) is 29.8 Å². The molecule has 0 atom stereocenters. The number of nitrogens with one attached hydrogen (secondary N) is 3. The summed E-state index contributed by atoms with van der Waals surface area (Å²) in [6.45, 7) is 0.